The zero-order valence-corrected chi connectivity index (χ0v) is 18.0. The zero-order chi connectivity index (χ0) is 21.6. The number of ether oxygens (including phenoxy) is 2. The van der Waals surface area contributed by atoms with E-state index in [1.54, 1.807) is 45.9 Å². The van der Waals surface area contributed by atoms with Crippen molar-refractivity contribution in [1.82, 2.24) is 4.90 Å². The molecule has 0 bridgehead atoms. The summed E-state index contributed by atoms with van der Waals surface area (Å²) >= 11 is 0. The summed E-state index contributed by atoms with van der Waals surface area (Å²) < 4.78 is 10.6. The van der Waals surface area contributed by atoms with Gasteiger partial charge in [-0.25, -0.2) is 9.59 Å². The first-order chi connectivity index (χ1) is 13.6. The highest BCUT2D eigenvalue weighted by Gasteiger charge is 2.30. The fraction of sp³-hybridized carbons (Fsp3) is 0.591. The minimum absolute atomic E-state index is 0.159. The number of esters is 1. The summed E-state index contributed by atoms with van der Waals surface area (Å²) in [6.45, 7) is 9.67. The predicted octanol–water partition coefficient (Wildman–Crippen LogP) is 4.37. The Labute approximate surface area is 172 Å². The molecule has 29 heavy (non-hydrogen) atoms. The second kappa shape index (κ2) is 9.76. The number of likely N-dealkylation sites (tertiary alicyclic amines) is 1. The molecule has 2 rings (SSSR count). The Balaban J connectivity index is 1.99. The molecule has 1 saturated heterocycles. The summed E-state index contributed by atoms with van der Waals surface area (Å²) in [5.74, 6) is -0.767. The van der Waals surface area contributed by atoms with Crippen LogP contribution in [0, 0.1) is 0 Å². The second-order valence-corrected chi connectivity index (χ2v) is 8.34. The Morgan fingerprint density at radius 1 is 1.24 bits per heavy atom. The van der Waals surface area contributed by atoms with Crippen LogP contribution in [-0.4, -0.2) is 47.2 Å². The number of piperidine rings is 1. The highest BCUT2D eigenvalue weighted by Crippen LogP contribution is 2.21. The molecule has 7 heteroatoms. The average molecular weight is 405 g/mol. The fourth-order valence-electron chi connectivity index (χ4n) is 3.37. The highest BCUT2D eigenvalue weighted by atomic mass is 16.6. The zero-order valence-electron chi connectivity index (χ0n) is 18.0. The van der Waals surface area contributed by atoms with Crippen LogP contribution in [0.1, 0.15) is 70.7 Å². The molecule has 1 aliphatic heterocycles. The Kier molecular flexibility index (Phi) is 7.65. The van der Waals surface area contributed by atoms with E-state index in [2.05, 4.69) is 12.2 Å². The van der Waals surface area contributed by atoms with Crippen LogP contribution >= 0.6 is 0 Å². The van der Waals surface area contributed by atoms with Gasteiger partial charge in [-0.3, -0.25) is 10.1 Å². The van der Waals surface area contributed by atoms with Crippen LogP contribution < -0.4 is 5.32 Å². The first kappa shape index (κ1) is 22.7. The lowest BCUT2D eigenvalue weighted by atomic mass is 9.99. The van der Waals surface area contributed by atoms with Crippen molar-refractivity contribution in [2.45, 2.75) is 78.0 Å². The molecule has 2 atom stereocenters. The molecular weight excluding hydrogens is 372 g/mol. The van der Waals surface area contributed by atoms with E-state index < -0.39 is 23.8 Å². The van der Waals surface area contributed by atoms with Gasteiger partial charge in [0.05, 0.1) is 5.56 Å². The van der Waals surface area contributed by atoms with Crippen molar-refractivity contribution in [3.05, 3.63) is 29.8 Å². The topological polar surface area (TPSA) is 84.9 Å². The molecule has 1 aromatic rings. The Morgan fingerprint density at radius 2 is 1.97 bits per heavy atom. The average Bonchev–Trinajstić information content (AvgIpc) is 2.65. The normalized spacial score (nSPS) is 18.0. The van der Waals surface area contributed by atoms with Crippen molar-refractivity contribution in [1.29, 1.82) is 0 Å². The van der Waals surface area contributed by atoms with Crippen molar-refractivity contribution < 1.29 is 23.9 Å². The maximum atomic E-state index is 12.8. The van der Waals surface area contributed by atoms with E-state index in [9.17, 15) is 14.4 Å². The van der Waals surface area contributed by atoms with Crippen molar-refractivity contribution in [2.75, 3.05) is 11.9 Å². The minimum Gasteiger partial charge on any atom is -0.449 e. The number of hydrogen-bond donors (Lipinski definition) is 1. The molecule has 0 aliphatic carbocycles. The molecule has 0 spiro atoms. The molecule has 0 saturated carbocycles. The summed E-state index contributed by atoms with van der Waals surface area (Å²) in [5, 5.41) is 2.59. The van der Waals surface area contributed by atoms with Gasteiger partial charge in [0.25, 0.3) is 5.91 Å². The third kappa shape index (κ3) is 6.76. The molecule has 1 N–H and O–H groups in total. The number of carbonyl (C=O) groups is 3. The highest BCUT2D eigenvalue weighted by molar-refractivity contribution is 5.94. The van der Waals surface area contributed by atoms with Crippen molar-refractivity contribution in [3.8, 4) is 0 Å². The maximum absolute atomic E-state index is 12.8. The molecule has 7 nitrogen and oxygen atoms in total. The van der Waals surface area contributed by atoms with Crippen LogP contribution in [0.25, 0.3) is 0 Å². The number of nitrogens with one attached hydrogen (secondary N) is 1. The van der Waals surface area contributed by atoms with E-state index in [1.165, 1.54) is 6.07 Å². The van der Waals surface area contributed by atoms with Crippen molar-refractivity contribution in [2.24, 2.45) is 0 Å². The predicted molar refractivity (Wildman–Crippen MR) is 111 cm³/mol. The monoisotopic (exact) mass is 404 g/mol. The molecule has 0 radical (unpaired) electrons. The van der Waals surface area contributed by atoms with Crippen LogP contribution in [0.2, 0.25) is 0 Å². The number of hydrogen-bond acceptors (Lipinski definition) is 5. The summed E-state index contributed by atoms with van der Waals surface area (Å²) in [6, 6.07) is 6.57. The van der Waals surface area contributed by atoms with Gasteiger partial charge in [0.2, 0.25) is 0 Å². The van der Waals surface area contributed by atoms with Crippen LogP contribution in [-0.2, 0) is 14.3 Å². The molecule has 160 valence electrons. The first-order valence-electron chi connectivity index (χ1n) is 10.2. The van der Waals surface area contributed by atoms with E-state index >= 15 is 0 Å². The molecular formula is C22H32N2O5. The SMILES string of the molecule is CCC1CCCCN1C(=O)C(C)OC(=O)c1cccc(NC(=O)OC(C)(C)C)c1. The van der Waals surface area contributed by atoms with Gasteiger partial charge in [-0.05, 0) is 71.6 Å². The molecule has 1 heterocycles. The van der Waals surface area contributed by atoms with Crippen LogP contribution in [0.5, 0.6) is 0 Å². The Bertz CT molecular complexity index is 741. The van der Waals surface area contributed by atoms with Gasteiger partial charge in [-0.1, -0.05) is 13.0 Å². The van der Waals surface area contributed by atoms with Gasteiger partial charge in [-0.15, -0.1) is 0 Å². The van der Waals surface area contributed by atoms with E-state index in [0.29, 0.717) is 12.2 Å². The van der Waals surface area contributed by atoms with Crippen molar-refractivity contribution >= 4 is 23.7 Å². The van der Waals surface area contributed by atoms with E-state index in [0.717, 1.165) is 25.7 Å². The third-order valence-electron chi connectivity index (χ3n) is 4.76. The van der Waals surface area contributed by atoms with E-state index in [4.69, 9.17) is 9.47 Å². The van der Waals surface area contributed by atoms with Gasteiger partial charge in [0.1, 0.15) is 5.60 Å². The quantitative estimate of drug-likeness (QED) is 0.737. The molecule has 0 aromatic heterocycles. The number of carbonyl (C=O) groups excluding carboxylic acids is 3. The maximum Gasteiger partial charge on any atom is 0.412 e. The van der Waals surface area contributed by atoms with Crippen molar-refractivity contribution in [3.63, 3.8) is 0 Å². The Morgan fingerprint density at radius 3 is 2.62 bits per heavy atom. The molecule has 2 amide bonds. The van der Waals surface area contributed by atoms with E-state index in [1.807, 2.05) is 4.90 Å². The molecule has 1 aromatic carbocycles. The van der Waals surface area contributed by atoms with Gasteiger partial charge in [0, 0.05) is 18.3 Å². The smallest absolute Gasteiger partial charge is 0.412 e. The summed E-state index contributed by atoms with van der Waals surface area (Å²) in [6.07, 6.45) is 2.50. The molecule has 2 unspecified atom stereocenters. The van der Waals surface area contributed by atoms with Gasteiger partial charge < -0.3 is 14.4 Å². The van der Waals surface area contributed by atoms with Gasteiger partial charge in [0.15, 0.2) is 6.10 Å². The summed E-state index contributed by atoms with van der Waals surface area (Å²) in [5.41, 5.74) is 0.0416. The van der Waals surface area contributed by atoms with Gasteiger partial charge in [-0.2, -0.15) is 0 Å². The number of amides is 2. The number of nitrogens with zero attached hydrogens (tertiary/aromatic N) is 1. The second-order valence-electron chi connectivity index (χ2n) is 8.34. The summed E-state index contributed by atoms with van der Waals surface area (Å²) in [4.78, 5) is 39.0. The van der Waals surface area contributed by atoms with E-state index in [-0.39, 0.29) is 17.5 Å². The molecule has 1 fully saturated rings. The number of benzene rings is 1. The van der Waals surface area contributed by atoms with Crippen LogP contribution in [0.4, 0.5) is 10.5 Å². The lowest BCUT2D eigenvalue weighted by Gasteiger charge is -2.36. The third-order valence-corrected chi connectivity index (χ3v) is 4.76. The first-order valence-corrected chi connectivity index (χ1v) is 10.2. The lowest BCUT2D eigenvalue weighted by Crippen LogP contribution is -2.48. The Hall–Kier alpha value is -2.57. The van der Waals surface area contributed by atoms with Gasteiger partial charge >= 0.3 is 12.1 Å². The number of anilines is 1. The fourth-order valence-corrected chi connectivity index (χ4v) is 3.37. The van der Waals surface area contributed by atoms with Crippen LogP contribution in [0.3, 0.4) is 0 Å². The molecule has 1 aliphatic rings. The summed E-state index contributed by atoms with van der Waals surface area (Å²) in [7, 11) is 0. The minimum atomic E-state index is -0.864. The largest absolute Gasteiger partial charge is 0.449 e. The standard InChI is InChI=1S/C22H32N2O5/c1-6-18-12-7-8-13-24(18)19(25)15(2)28-20(26)16-10-9-11-17(14-16)23-21(27)29-22(3,4)5/h9-11,14-15,18H,6-8,12-13H2,1-5H3,(H,23,27). The lowest BCUT2D eigenvalue weighted by molar-refractivity contribution is -0.143. The number of rotatable bonds is 5. The van der Waals surface area contributed by atoms with Crippen LogP contribution in [0.15, 0.2) is 24.3 Å².